The van der Waals surface area contributed by atoms with Crippen LogP contribution in [0, 0.1) is 0 Å². The molecule has 0 atom stereocenters. The molecule has 2 N–H and O–H groups in total. The summed E-state index contributed by atoms with van der Waals surface area (Å²) >= 11 is 1.98. The van der Waals surface area contributed by atoms with Crippen molar-refractivity contribution >= 4 is 11.8 Å². The first-order chi connectivity index (χ1) is 10.1. The Bertz CT molecular complexity index is 448. The maximum atomic E-state index is 9.92. The summed E-state index contributed by atoms with van der Waals surface area (Å²) in [5.74, 6) is 0.957. The third-order valence-electron chi connectivity index (χ3n) is 4.26. The molecule has 1 aliphatic rings. The van der Waals surface area contributed by atoms with Gasteiger partial charge >= 0.3 is 0 Å². The molecule has 0 heterocycles. The first-order valence-corrected chi connectivity index (χ1v) is 8.56. The Balaban J connectivity index is 1.99. The van der Waals surface area contributed by atoms with Gasteiger partial charge in [-0.05, 0) is 36.8 Å². The Morgan fingerprint density at radius 2 is 1.76 bits per heavy atom. The van der Waals surface area contributed by atoms with Crippen LogP contribution < -0.4 is 14.8 Å². The van der Waals surface area contributed by atoms with Crippen LogP contribution >= 0.6 is 11.8 Å². The standard InChI is InChI=1S/C16H25NO3S/c1-19-13-8-12(9-14(20-2)15(13)18)10-17-11-16(21-3)6-4-5-7-16/h8-9,17-18H,4-7,10-11H2,1-3H3. The summed E-state index contributed by atoms with van der Waals surface area (Å²) in [7, 11) is 3.10. The average molecular weight is 311 g/mol. The van der Waals surface area contributed by atoms with Gasteiger partial charge in [-0.3, -0.25) is 0 Å². The van der Waals surface area contributed by atoms with E-state index in [4.69, 9.17) is 9.47 Å². The van der Waals surface area contributed by atoms with Crippen LogP contribution in [0.3, 0.4) is 0 Å². The average Bonchev–Trinajstić information content (AvgIpc) is 2.98. The van der Waals surface area contributed by atoms with Gasteiger partial charge in [0.15, 0.2) is 11.5 Å². The van der Waals surface area contributed by atoms with Crippen molar-refractivity contribution in [1.82, 2.24) is 5.32 Å². The number of aromatic hydroxyl groups is 1. The number of ether oxygens (including phenoxy) is 2. The number of rotatable bonds is 7. The summed E-state index contributed by atoms with van der Waals surface area (Å²) < 4.78 is 10.8. The van der Waals surface area contributed by atoms with E-state index < -0.39 is 0 Å². The summed E-state index contributed by atoms with van der Waals surface area (Å²) in [6.07, 6.45) is 7.47. The molecule has 0 aliphatic heterocycles. The van der Waals surface area contributed by atoms with E-state index in [1.807, 2.05) is 23.9 Å². The monoisotopic (exact) mass is 311 g/mol. The summed E-state index contributed by atoms with van der Waals surface area (Å²) in [6.45, 7) is 1.76. The van der Waals surface area contributed by atoms with Crippen LogP contribution in [0.4, 0.5) is 0 Å². The van der Waals surface area contributed by atoms with E-state index in [0.717, 1.165) is 18.7 Å². The van der Waals surface area contributed by atoms with Gasteiger partial charge in [0.05, 0.1) is 14.2 Å². The number of nitrogens with one attached hydrogen (secondary N) is 1. The summed E-state index contributed by atoms with van der Waals surface area (Å²) in [4.78, 5) is 0. The number of phenolic OH excluding ortho intramolecular Hbond substituents is 1. The minimum atomic E-state index is 0.0557. The maximum Gasteiger partial charge on any atom is 0.200 e. The highest BCUT2D eigenvalue weighted by atomic mass is 32.2. The molecule has 5 heteroatoms. The Hall–Kier alpha value is -1.07. The normalized spacial score (nSPS) is 16.9. The smallest absolute Gasteiger partial charge is 0.200 e. The van der Waals surface area contributed by atoms with Crippen molar-refractivity contribution in [1.29, 1.82) is 0 Å². The van der Waals surface area contributed by atoms with Crippen LogP contribution in [-0.2, 0) is 6.54 Å². The number of benzene rings is 1. The topological polar surface area (TPSA) is 50.7 Å². The van der Waals surface area contributed by atoms with Crippen molar-refractivity contribution in [3.63, 3.8) is 0 Å². The Kier molecular flexibility index (Phi) is 5.65. The Labute approximate surface area is 131 Å². The zero-order valence-electron chi connectivity index (χ0n) is 13.1. The number of thioether (sulfide) groups is 1. The van der Waals surface area contributed by atoms with Crippen LogP contribution in [0.15, 0.2) is 12.1 Å². The summed E-state index contributed by atoms with van der Waals surface area (Å²) in [5.41, 5.74) is 1.05. The van der Waals surface area contributed by atoms with Crippen molar-refractivity contribution in [2.24, 2.45) is 0 Å². The molecule has 1 fully saturated rings. The van der Waals surface area contributed by atoms with Gasteiger partial charge in [-0.1, -0.05) is 12.8 Å². The highest BCUT2D eigenvalue weighted by Gasteiger charge is 2.32. The number of phenols is 1. The molecular formula is C16H25NO3S. The van der Waals surface area contributed by atoms with Crippen molar-refractivity contribution in [2.45, 2.75) is 37.0 Å². The number of hydrogen-bond donors (Lipinski definition) is 2. The quantitative estimate of drug-likeness (QED) is 0.810. The fourth-order valence-electron chi connectivity index (χ4n) is 2.96. The largest absolute Gasteiger partial charge is 0.502 e. The van der Waals surface area contributed by atoms with Gasteiger partial charge in [0.1, 0.15) is 0 Å². The van der Waals surface area contributed by atoms with E-state index in [2.05, 4.69) is 11.6 Å². The molecule has 1 saturated carbocycles. The van der Waals surface area contributed by atoms with Gasteiger partial charge in [-0.2, -0.15) is 11.8 Å². The minimum absolute atomic E-state index is 0.0557. The van der Waals surface area contributed by atoms with Crippen LogP contribution in [0.5, 0.6) is 17.2 Å². The minimum Gasteiger partial charge on any atom is -0.502 e. The van der Waals surface area contributed by atoms with E-state index in [0.29, 0.717) is 16.2 Å². The highest BCUT2D eigenvalue weighted by molar-refractivity contribution is 8.00. The molecule has 1 aromatic carbocycles. The molecule has 2 rings (SSSR count). The predicted octanol–water partition coefficient (Wildman–Crippen LogP) is 3.17. The van der Waals surface area contributed by atoms with Crippen LogP contribution in [-0.4, -0.2) is 36.9 Å². The first-order valence-electron chi connectivity index (χ1n) is 7.34. The van der Waals surface area contributed by atoms with E-state index in [9.17, 15) is 5.11 Å². The second-order valence-corrected chi connectivity index (χ2v) is 6.82. The molecule has 0 unspecified atom stereocenters. The molecule has 21 heavy (non-hydrogen) atoms. The SMILES string of the molecule is COc1cc(CNCC2(SC)CCCC2)cc(OC)c1O. The molecule has 0 aromatic heterocycles. The first kappa shape index (κ1) is 16.3. The molecule has 0 radical (unpaired) electrons. The molecule has 4 nitrogen and oxygen atoms in total. The van der Waals surface area contributed by atoms with Gasteiger partial charge < -0.3 is 19.9 Å². The Morgan fingerprint density at radius 1 is 1.19 bits per heavy atom. The zero-order valence-corrected chi connectivity index (χ0v) is 13.9. The maximum absolute atomic E-state index is 9.92. The van der Waals surface area contributed by atoms with E-state index in [1.54, 1.807) is 14.2 Å². The zero-order chi connectivity index (χ0) is 15.3. The van der Waals surface area contributed by atoms with Crippen molar-refractivity contribution in [2.75, 3.05) is 27.0 Å². The van der Waals surface area contributed by atoms with Crippen molar-refractivity contribution in [3.05, 3.63) is 17.7 Å². The molecule has 118 valence electrons. The number of hydrogen-bond acceptors (Lipinski definition) is 5. The Morgan fingerprint density at radius 3 is 2.24 bits per heavy atom. The lowest BCUT2D eigenvalue weighted by molar-refractivity contribution is 0.339. The lowest BCUT2D eigenvalue weighted by atomic mass is 10.1. The molecule has 0 amide bonds. The lowest BCUT2D eigenvalue weighted by Gasteiger charge is -2.27. The highest BCUT2D eigenvalue weighted by Crippen LogP contribution is 2.40. The predicted molar refractivity (Wildman–Crippen MR) is 87.6 cm³/mol. The lowest BCUT2D eigenvalue weighted by Crippen LogP contribution is -2.34. The fourth-order valence-corrected chi connectivity index (χ4v) is 3.90. The van der Waals surface area contributed by atoms with Gasteiger partial charge in [-0.15, -0.1) is 0 Å². The molecule has 1 aliphatic carbocycles. The fraction of sp³-hybridized carbons (Fsp3) is 0.625. The van der Waals surface area contributed by atoms with E-state index >= 15 is 0 Å². The summed E-state index contributed by atoms with van der Waals surface area (Å²) in [5, 5.41) is 13.5. The third kappa shape index (κ3) is 3.77. The molecule has 0 spiro atoms. The molecule has 0 saturated heterocycles. The molecular weight excluding hydrogens is 286 g/mol. The van der Waals surface area contributed by atoms with Crippen LogP contribution in [0.25, 0.3) is 0 Å². The van der Waals surface area contributed by atoms with Crippen LogP contribution in [0.1, 0.15) is 31.2 Å². The second-order valence-electron chi connectivity index (χ2n) is 5.55. The summed E-state index contributed by atoms with van der Waals surface area (Å²) in [6, 6.07) is 3.70. The second kappa shape index (κ2) is 7.27. The van der Waals surface area contributed by atoms with Crippen LogP contribution in [0.2, 0.25) is 0 Å². The van der Waals surface area contributed by atoms with E-state index in [1.165, 1.54) is 25.7 Å². The molecule has 1 aromatic rings. The third-order valence-corrected chi connectivity index (χ3v) is 5.68. The molecule has 0 bridgehead atoms. The van der Waals surface area contributed by atoms with Gasteiger partial charge in [0.2, 0.25) is 5.75 Å². The van der Waals surface area contributed by atoms with Crippen molar-refractivity contribution in [3.8, 4) is 17.2 Å². The van der Waals surface area contributed by atoms with Gasteiger partial charge in [-0.25, -0.2) is 0 Å². The van der Waals surface area contributed by atoms with Gasteiger partial charge in [0.25, 0.3) is 0 Å². The number of methoxy groups -OCH3 is 2. The van der Waals surface area contributed by atoms with Gasteiger partial charge in [0, 0.05) is 17.8 Å². The van der Waals surface area contributed by atoms with Crippen molar-refractivity contribution < 1.29 is 14.6 Å². The van der Waals surface area contributed by atoms with E-state index in [-0.39, 0.29) is 5.75 Å².